The molecule has 126 valence electrons. The molecule has 2 aromatic rings. The van der Waals surface area contributed by atoms with Gasteiger partial charge in [-0.3, -0.25) is 9.59 Å². The van der Waals surface area contributed by atoms with Crippen molar-refractivity contribution >= 4 is 24.3 Å². The molecular weight excluding hydrogens is 326 g/mol. The molecule has 5 heteroatoms. The van der Waals surface area contributed by atoms with Crippen LogP contribution >= 0.6 is 11.6 Å². The first-order valence-electron chi connectivity index (χ1n) is 7.85. The Morgan fingerprint density at radius 2 is 1.79 bits per heavy atom. The highest BCUT2D eigenvalue weighted by molar-refractivity contribution is 6.30. The molecule has 0 aromatic heterocycles. The van der Waals surface area contributed by atoms with Gasteiger partial charge in [0.15, 0.2) is 6.29 Å². The smallest absolute Gasteiger partial charge is 0.207 e. The number of halogens is 1. The molecule has 0 radical (unpaired) electrons. The van der Waals surface area contributed by atoms with Gasteiger partial charge in [0.25, 0.3) is 0 Å². The predicted octanol–water partition coefficient (Wildman–Crippen LogP) is 3.67. The fourth-order valence-electron chi connectivity index (χ4n) is 2.41. The SMILES string of the molecule is O=CNCCC(CCc1ccc(Cl)cc1)Oc1ccccc1C=O. The summed E-state index contributed by atoms with van der Waals surface area (Å²) in [5.41, 5.74) is 1.69. The van der Waals surface area contributed by atoms with Crippen molar-refractivity contribution in [3.05, 3.63) is 64.7 Å². The third-order valence-electron chi connectivity index (χ3n) is 3.70. The zero-order valence-electron chi connectivity index (χ0n) is 13.3. The number of amides is 1. The van der Waals surface area contributed by atoms with E-state index in [9.17, 15) is 9.59 Å². The van der Waals surface area contributed by atoms with Gasteiger partial charge in [0.2, 0.25) is 6.41 Å². The number of rotatable bonds is 10. The first-order valence-corrected chi connectivity index (χ1v) is 8.23. The number of benzene rings is 2. The van der Waals surface area contributed by atoms with E-state index >= 15 is 0 Å². The number of aldehydes is 1. The number of carbonyl (C=O) groups excluding carboxylic acids is 2. The maximum atomic E-state index is 11.1. The lowest BCUT2D eigenvalue weighted by atomic mass is 10.0. The van der Waals surface area contributed by atoms with E-state index in [2.05, 4.69) is 5.32 Å². The van der Waals surface area contributed by atoms with Gasteiger partial charge in [-0.2, -0.15) is 0 Å². The molecule has 1 unspecified atom stereocenters. The van der Waals surface area contributed by atoms with Crippen molar-refractivity contribution in [2.24, 2.45) is 0 Å². The lowest BCUT2D eigenvalue weighted by Gasteiger charge is -2.20. The van der Waals surface area contributed by atoms with Gasteiger partial charge in [0.05, 0.1) is 5.56 Å². The van der Waals surface area contributed by atoms with E-state index in [0.717, 1.165) is 19.1 Å². The van der Waals surface area contributed by atoms with Gasteiger partial charge in [-0.25, -0.2) is 0 Å². The van der Waals surface area contributed by atoms with Crippen LogP contribution in [0.15, 0.2) is 48.5 Å². The molecule has 1 N–H and O–H groups in total. The molecule has 1 amide bonds. The minimum Gasteiger partial charge on any atom is -0.490 e. The third kappa shape index (κ3) is 5.70. The predicted molar refractivity (Wildman–Crippen MR) is 94.7 cm³/mol. The van der Waals surface area contributed by atoms with Crippen LogP contribution in [0.4, 0.5) is 0 Å². The van der Waals surface area contributed by atoms with Crippen LogP contribution in [-0.4, -0.2) is 25.3 Å². The zero-order chi connectivity index (χ0) is 17.2. The monoisotopic (exact) mass is 345 g/mol. The molecule has 24 heavy (non-hydrogen) atoms. The largest absolute Gasteiger partial charge is 0.490 e. The number of nitrogens with one attached hydrogen (secondary N) is 1. The van der Waals surface area contributed by atoms with Crippen LogP contribution in [-0.2, 0) is 11.2 Å². The first kappa shape index (κ1) is 18.0. The first-order chi connectivity index (χ1) is 11.7. The second-order valence-corrected chi connectivity index (χ2v) is 5.86. The standard InChI is InChI=1S/C19H20ClNO3/c20-17-8-5-15(6-9-17)7-10-18(11-12-21-14-23)24-19-4-2-1-3-16(19)13-22/h1-6,8-9,13-14,18H,7,10-12H2,(H,21,23). The van der Waals surface area contributed by atoms with E-state index in [1.807, 2.05) is 30.3 Å². The number of ether oxygens (including phenoxy) is 1. The Kier molecular flexibility index (Phi) is 7.30. The summed E-state index contributed by atoms with van der Waals surface area (Å²) in [5, 5.41) is 3.36. The number of para-hydroxylation sites is 1. The van der Waals surface area contributed by atoms with Crippen molar-refractivity contribution in [1.29, 1.82) is 0 Å². The molecule has 2 rings (SSSR count). The molecule has 1 atom stereocenters. The van der Waals surface area contributed by atoms with Crippen molar-refractivity contribution < 1.29 is 14.3 Å². The van der Waals surface area contributed by atoms with Gasteiger partial charge >= 0.3 is 0 Å². The van der Waals surface area contributed by atoms with E-state index in [1.54, 1.807) is 18.2 Å². The van der Waals surface area contributed by atoms with E-state index in [4.69, 9.17) is 16.3 Å². The summed E-state index contributed by atoms with van der Waals surface area (Å²) < 4.78 is 6.02. The van der Waals surface area contributed by atoms with Crippen LogP contribution in [0.2, 0.25) is 5.02 Å². The van der Waals surface area contributed by atoms with Crippen molar-refractivity contribution in [2.45, 2.75) is 25.4 Å². The van der Waals surface area contributed by atoms with Crippen LogP contribution < -0.4 is 10.1 Å². The molecule has 0 fully saturated rings. The molecule has 0 heterocycles. The minimum absolute atomic E-state index is 0.103. The Labute approximate surface area is 146 Å². The number of carbonyl (C=O) groups is 2. The molecule has 4 nitrogen and oxygen atoms in total. The van der Waals surface area contributed by atoms with Gasteiger partial charge in [0, 0.05) is 18.0 Å². The molecule has 0 aliphatic heterocycles. The molecule has 2 aromatic carbocycles. The molecule has 0 spiro atoms. The Balaban J connectivity index is 2.01. The summed E-state index contributed by atoms with van der Waals surface area (Å²) in [5.74, 6) is 0.569. The summed E-state index contributed by atoms with van der Waals surface area (Å²) in [4.78, 5) is 21.6. The molecular formula is C19H20ClNO3. The van der Waals surface area contributed by atoms with Gasteiger partial charge in [0.1, 0.15) is 11.9 Å². The van der Waals surface area contributed by atoms with Gasteiger partial charge in [-0.15, -0.1) is 0 Å². The van der Waals surface area contributed by atoms with E-state index in [1.165, 1.54) is 5.56 Å². The average molecular weight is 346 g/mol. The molecule has 0 aliphatic rings. The van der Waals surface area contributed by atoms with Crippen LogP contribution in [0.1, 0.15) is 28.8 Å². The maximum absolute atomic E-state index is 11.1. The molecule has 0 bridgehead atoms. The second-order valence-electron chi connectivity index (χ2n) is 5.42. The van der Waals surface area contributed by atoms with Crippen LogP contribution in [0.3, 0.4) is 0 Å². The van der Waals surface area contributed by atoms with Crippen LogP contribution in [0, 0.1) is 0 Å². The normalized spacial score (nSPS) is 11.5. The van der Waals surface area contributed by atoms with Crippen LogP contribution in [0.25, 0.3) is 0 Å². The molecule has 0 aliphatic carbocycles. The zero-order valence-corrected chi connectivity index (χ0v) is 14.0. The highest BCUT2D eigenvalue weighted by Crippen LogP contribution is 2.21. The fraction of sp³-hybridized carbons (Fsp3) is 0.263. The molecule has 0 saturated heterocycles. The summed E-state index contributed by atoms with van der Waals surface area (Å²) in [6.45, 7) is 0.526. The quantitative estimate of drug-likeness (QED) is 0.528. The van der Waals surface area contributed by atoms with Crippen molar-refractivity contribution in [1.82, 2.24) is 5.32 Å². The summed E-state index contributed by atoms with van der Waals surface area (Å²) >= 11 is 5.90. The van der Waals surface area contributed by atoms with Gasteiger partial charge in [-0.05, 0) is 42.7 Å². The lowest BCUT2D eigenvalue weighted by Crippen LogP contribution is -2.24. The highest BCUT2D eigenvalue weighted by atomic mass is 35.5. The second kappa shape index (κ2) is 9.73. The Bertz CT molecular complexity index is 658. The Hall–Kier alpha value is -2.33. The van der Waals surface area contributed by atoms with E-state index in [0.29, 0.717) is 35.7 Å². The van der Waals surface area contributed by atoms with Crippen molar-refractivity contribution in [2.75, 3.05) is 6.54 Å². The third-order valence-corrected chi connectivity index (χ3v) is 3.95. The highest BCUT2D eigenvalue weighted by Gasteiger charge is 2.13. The summed E-state index contributed by atoms with van der Waals surface area (Å²) in [6.07, 6.45) is 3.63. The molecule has 0 saturated carbocycles. The van der Waals surface area contributed by atoms with Gasteiger partial charge in [-0.1, -0.05) is 35.9 Å². The number of hydrogen-bond acceptors (Lipinski definition) is 3. The Morgan fingerprint density at radius 1 is 1.04 bits per heavy atom. The van der Waals surface area contributed by atoms with E-state index < -0.39 is 0 Å². The summed E-state index contributed by atoms with van der Waals surface area (Å²) in [7, 11) is 0. The maximum Gasteiger partial charge on any atom is 0.207 e. The number of aryl methyl sites for hydroxylation is 1. The average Bonchev–Trinajstić information content (AvgIpc) is 2.61. The Morgan fingerprint density at radius 3 is 2.50 bits per heavy atom. The topological polar surface area (TPSA) is 55.4 Å². The lowest BCUT2D eigenvalue weighted by molar-refractivity contribution is -0.109. The minimum atomic E-state index is -0.103. The number of hydrogen-bond donors (Lipinski definition) is 1. The van der Waals surface area contributed by atoms with Gasteiger partial charge < -0.3 is 10.1 Å². The fourth-order valence-corrected chi connectivity index (χ4v) is 2.53. The van der Waals surface area contributed by atoms with Crippen molar-refractivity contribution in [3.63, 3.8) is 0 Å². The van der Waals surface area contributed by atoms with Crippen LogP contribution in [0.5, 0.6) is 5.75 Å². The van der Waals surface area contributed by atoms with Crippen molar-refractivity contribution in [3.8, 4) is 5.75 Å². The summed E-state index contributed by atoms with van der Waals surface area (Å²) in [6, 6.07) is 14.8. The van der Waals surface area contributed by atoms with E-state index in [-0.39, 0.29) is 6.10 Å².